The van der Waals surface area contributed by atoms with E-state index in [1.807, 2.05) is 32.9 Å². The zero-order valence-electron chi connectivity index (χ0n) is 10.7. The molecule has 0 unspecified atom stereocenters. The Labute approximate surface area is 111 Å². The summed E-state index contributed by atoms with van der Waals surface area (Å²) in [6.45, 7) is 5.93. The minimum atomic E-state index is -0.107. The lowest BCUT2D eigenvalue weighted by Crippen LogP contribution is -2.10. The largest absolute Gasteiger partial charge is 0.398 e. The van der Waals surface area contributed by atoms with Crippen LogP contribution in [0, 0.1) is 20.8 Å². The van der Waals surface area contributed by atoms with Crippen LogP contribution in [0.15, 0.2) is 24.3 Å². The second kappa shape index (κ2) is 4.82. The van der Waals surface area contributed by atoms with E-state index in [4.69, 9.17) is 5.73 Å². The molecule has 0 saturated heterocycles. The van der Waals surface area contributed by atoms with Gasteiger partial charge in [-0.05, 0) is 50.1 Å². The van der Waals surface area contributed by atoms with Crippen LogP contribution in [0.3, 0.4) is 0 Å². The normalized spacial score (nSPS) is 10.4. The van der Waals surface area contributed by atoms with Gasteiger partial charge in [0, 0.05) is 16.3 Å². The van der Waals surface area contributed by atoms with Crippen molar-refractivity contribution in [3.8, 4) is 0 Å². The molecule has 0 radical (unpaired) electrons. The molecule has 0 atom stereocenters. The third kappa shape index (κ3) is 2.71. The predicted molar refractivity (Wildman–Crippen MR) is 77.3 cm³/mol. The number of nitrogens with one attached hydrogen (secondary N) is 1. The molecule has 0 saturated carbocycles. The Morgan fingerprint density at radius 1 is 1.11 bits per heavy atom. The van der Waals surface area contributed by atoms with Crippen molar-refractivity contribution >= 4 is 28.6 Å². The SMILES string of the molecule is Cc1cc(C)cc(NC(=O)c2cc(N)c(C)s2)c1. The van der Waals surface area contributed by atoms with E-state index in [2.05, 4.69) is 11.4 Å². The standard InChI is InChI=1S/C14H16N2OS/c1-8-4-9(2)6-11(5-8)16-14(17)13-7-12(15)10(3)18-13/h4-7H,15H2,1-3H3,(H,16,17). The molecule has 0 fully saturated rings. The summed E-state index contributed by atoms with van der Waals surface area (Å²) < 4.78 is 0. The molecular weight excluding hydrogens is 244 g/mol. The molecule has 1 heterocycles. The van der Waals surface area contributed by atoms with E-state index in [-0.39, 0.29) is 5.91 Å². The number of nitrogen functional groups attached to an aromatic ring is 1. The van der Waals surface area contributed by atoms with Gasteiger partial charge in [0.2, 0.25) is 0 Å². The second-order valence-electron chi connectivity index (χ2n) is 4.45. The maximum atomic E-state index is 12.0. The van der Waals surface area contributed by atoms with Crippen molar-refractivity contribution in [2.75, 3.05) is 11.1 Å². The molecule has 2 rings (SSSR count). The molecule has 0 aliphatic rings. The maximum absolute atomic E-state index is 12.0. The zero-order chi connectivity index (χ0) is 13.3. The topological polar surface area (TPSA) is 55.1 Å². The minimum absolute atomic E-state index is 0.107. The molecule has 2 aromatic rings. The highest BCUT2D eigenvalue weighted by molar-refractivity contribution is 7.14. The fourth-order valence-corrected chi connectivity index (χ4v) is 2.68. The number of hydrogen-bond donors (Lipinski definition) is 2. The Morgan fingerprint density at radius 3 is 2.22 bits per heavy atom. The predicted octanol–water partition coefficient (Wildman–Crippen LogP) is 3.51. The summed E-state index contributed by atoms with van der Waals surface area (Å²) in [5, 5.41) is 2.90. The average molecular weight is 260 g/mol. The number of carbonyl (C=O) groups excluding carboxylic acids is 1. The third-order valence-electron chi connectivity index (χ3n) is 2.66. The van der Waals surface area contributed by atoms with Gasteiger partial charge in [-0.2, -0.15) is 0 Å². The molecule has 1 amide bonds. The van der Waals surface area contributed by atoms with E-state index in [1.54, 1.807) is 6.07 Å². The average Bonchev–Trinajstić information content (AvgIpc) is 2.57. The smallest absolute Gasteiger partial charge is 0.265 e. The molecule has 3 nitrogen and oxygen atoms in total. The first kappa shape index (κ1) is 12.6. The van der Waals surface area contributed by atoms with Gasteiger partial charge in [-0.1, -0.05) is 6.07 Å². The van der Waals surface area contributed by atoms with Crippen molar-refractivity contribution in [2.24, 2.45) is 0 Å². The lowest BCUT2D eigenvalue weighted by Gasteiger charge is -2.06. The number of hydrogen-bond acceptors (Lipinski definition) is 3. The van der Waals surface area contributed by atoms with Gasteiger partial charge in [0.05, 0.1) is 4.88 Å². The van der Waals surface area contributed by atoms with Gasteiger partial charge in [-0.25, -0.2) is 0 Å². The monoisotopic (exact) mass is 260 g/mol. The highest BCUT2D eigenvalue weighted by atomic mass is 32.1. The van der Waals surface area contributed by atoms with Crippen LogP contribution in [-0.2, 0) is 0 Å². The van der Waals surface area contributed by atoms with E-state index in [9.17, 15) is 4.79 Å². The van der Waals surface area contributed by atoms with Crippen LogP contribution in [0.2, 0.25) is 0 Å². The molecule has 3 N–H and O–H groups in total. The van der Waals surface area contributed by atoms with E-state index >= 15 is 0 Å². The second-order valence-corrected chi connectivity index (χ2v) is 5.71. The summed E-state index contributed by atoms with van der Waals surface area (Å²) in [6.07, 6.45) is 0. The fourth-order valence-electron chi connectivity index (χ4n) is 1.85. The van der Waals surface area contributed by atoms with Gasteiger partial charge in [0.25, 0.3) is 5.91 Å². The molecule has 0 spiro atoms. The summed E-state index contributed by atoms with van der Waals surface area (Å²) in [6, 6.07) is 7.70. The van der Waals surface area contributed by atoms with Crippen LogP contribution in [0.25, 0.3) is 0 Å². The number of amides is 1. The van der Waals surface area contributed by atoms with Crippen LogP contribution >= 0.6 is 11.3 Å². The molecule has 0 aliphatic heterocycles. The van der Waals surface area contributed by atoms with Crippen molar-refractivity contribution in [1.82, 2.24) is 0 Å². The first-order chi connectivity index (χ1) is 8.45. The van der Waals surface area contributed by atoms with Gasteiger partial charge in [0.1, 0.15) is 0 Å². The summed E-state index contributed by atoms with van der Waals surface area (Å²) in [7, 11) is 0. The molecule has 0 bridgehead atoms. The van der Waals surface area contributed by atoms with Crippen molar-refractivity contribution < 1.29 is 4.79 Å². The molecule has 1 aromatic carbocycles. The Morgan fingerprint density at radius 2 is 1.72 bits per heavy atom. The Bertz CT molecular complexity index is 562. The Kier molecular flexibility index (Phi) is 3.39. The highest BCUT2D eigenvalue weighted by Crippen LogP contribution is 2.24. The molecule has 18 heavy (non-hydrogen) atoms. The van der Waals surface area contributed by atoms with Gasteiger partial charge in [-0.15, -0.1) is 11.3 Å². The van der Waals surface area contributed by atoms with E-state index < -0.39 is 0 Å². The van der Waals surface area contributed by atoms with Crippen LogP contribution in [-0.4, -0.2) is 5.91 Å². The Balaban J connectivity index is 2.21. The van der Waals surface area contributed by atoms with E-state index in [0.29, 0.717) is 10.6 Å². The molecule has 4 heteroatoms. The van der Waals surface area contributed by atoms with Gasteiger partial charge in [-0.3, -0.25) is 4.79 Å². The van der Waals surface area contributed by atoms with Gasteiger partial charge < -0.3 is 11.1 Å². The summed E-state index contributed by atoms with van der Waals surface area (Å²) in [4.78, 5) is 13.7. The van der Waals surface area contributed by atoms with Crippen molar-refractivity contribution in [3.63, 3.8) is 0 Å². The van der Waals surface area contributed by atoms with Crippen LogP contribution in [0.1, 0.15) is 25.7 Å². The number of anilines is 2. The summed E-state index contributed by atoms with van der Waals surface area (Å²) in [5.74, 6) is -0.107. The number of carbonyl (C=O) groups is 1. The van der Waals surface area contributed by atoms with Gasteiger partial charge in [0.15, 0.2) is 0 Å². The van der Waals surface area contributed by atoms with Gasteiger partial charge >= 0.3 is 0 Å². The quantitative estimate of drug-likeness (QED) is 0.868. The lowest BCUT2D eigenvalue weighted by molar-refractivity contribution is 0.103. The third-order valence-corrected chi connectivity index (χ3v) is 3.72. The fraction of sp³-hybridized carbons (Fsp3) is 0.214. The first-order valence-electron chi connectivity index (χ1n) is 5.71. The van der Waals surface area contributed by atoms with Crippen LogP contribution in [0.4, 0.5) is 11.4 Å². The number of thiophene rings is 1. The summed E-state index contributed by atoms with van der Waals surface area (Å²) >= 11 is 1.41. The van der Waals surface area contributed by atoms with Crippen molar-refractivity contribution in [3.05, 3.63) is 45.1 Å². The number of nitrogens with two attached hydrogens (primary N) is 1. The number of aryl methyl sites for hydroxylation is 3. The highest BCUT2D eigenvalue weighted by Gasteiger charge is 2.11. The van der Waals surface area contributed by atoms with E-state index in [1.165, 1.54) is 11.3 Å². The van der Waals surface area contributed by atoms with Crippen LogP contribution < -0.4 is 11.1 Å². The number of benzene rings is 1. The minimum Gasteiger partial charge on any atom is -0.398 e. The molecule has 0 aliphatic carbocycles. The molecule has 94 valence electrons. The summed E-state index contributed by atoms with van der Waals surface area (Å²) in [5.41, 5.74) is 9.51. The zero-order valence-corrected chi connectivity index (χ0v) is 11.5. The van der Waals surface area contributed by atoms with Crippen molar-refractivity contribution in [2.45, 2.75) is 20.8 Å². The Hall–Kier alpha value is -1.81. The van der Waals surface area contributed by atoms with Crippen molar-refractivity contribution in [1.29, 1.82) is 0 Å². The first-order valence-corrected chi connectivity index (χ1v) is 6.53. The van der Waals surface area contributed by atoms with Crippen LogP contribution in [0.5, 0.6) is 0 Å². The number of rotatable bonds is 2. The lowest BCUT2D eigenvalue weighted by atomic mass is 10.1. The molecule has 1 aromatic heterocycles. The molecular formula is C14H16N2OS. The van der Waals surface area contributed by atoms with E-state index in [0.717, 1.165) is 21.7 Å². The maximum Gasteiger partial charge on any atom is 0.265 e.